The first-order valence-corrected chi connectivity index (χ1v) is 6.96. The van der Waals surface area contributed by atoms with Gasteiger partial charge in [0.2, 0.25) is 5.89 Å². The minimum absolute atomic E-state index is 0.233. The maximum Gasteiger partial charge on any atom is 0.229 e. The summed E-state index contributed by atoms with van der Waals surface area (Å²) >= 11 is 0. The molecule has 1 saturated carbocycles. The molecule has 5 nitrogen and oxygen atoms in total. The summed E-state index contributed by atoms with van der Waals surface area (Å²) < 4.78 is 11.1. The Balaban J connectivity index is 1.74. The zero-order chi connectivity index (χ0) is 12.6. The molecule has 0 radical (unpaired) electrons. The zero-order valence-corrected chi connectivity index (χ0v) is 10.9. The fourth-order valence-corrected chi connectivity index (χ4v) is 2.62. The predicted molar refractivity (Wildman–Crippen MR) is 66.0 cm³/mol. The van der Waals surface area contributed by atoms with Crippen LogP contribution < -0.4 is 5.73 Å². The number of hydrogen-bond acceptors (Lipinski definition) is 5. The molecule has 1 aromatic heterocycles. The molecule has 1 saturated heterocycles. The molecular weight excluding hydrogens is 230 g/mol. The lowest BCUT2D eigenvalue weighted by Gasteiger charge is -2.35. The van der Waals surface area contributed by atoms with Crippen LogP contribution in [-0.2, 0) is 10.3 Å². The first-order valence-electron chi connectivity index (χ1n) is 6.96. The van der Waals surface area contributed by atoms with Gasteiger partial charge >= 0.3 is 0 Å². The van der Waals surface area contributed by atoms with Crippen molar-refractivity contribution < 1.29 is 9.26 Å². The molecule has 2 atom stereocenters. The summed E-state index contributed by atoms with van der Waals surface area (Å²) in [5, 5.41) is 4.10. The van der Waals surface area contributed by atoms with E-state index in [1.165, 1.54) is 12.8 Å². The Morgan fingerprint density at radius 1 is 1.44 bits per heavy atom. The monoisotopic (exact) mass is 251 g/mol. The van der Waals surface area contributed by atoms with Crippen LogP contribution in [0.5, 0.6) is 0 Å². The Bertz CT molecular complexity index is 414. The van der Waals surface area contributed by atoms with E-state index in [1.54, 1.807) is 0 Å². The molecule has 2 aliphatic rings. The van der Waals surface area contributed by atoms with Gasteiger partial charge < -0.3 is 15.0 Å². The van der Waals surface area contributed by atoms with Gasteiger partial charge in [-0.25, -0.2) is 0 Å². The maximum atomic E-state index is 6.47. The van der Waals surface area contributed by atoms with Gasteiger partial charge in [0.05, 0.1) is 11.6 Å². The van der Waals surface area contributed by atoms with E-state index in [4.69, 9.17) is 15.0 Å². The minimum Gasteiger partial charge on any atom is -0.378 e. The van der Waals surface area contributed by atoms with Crippen LogP contribution in [-0.4, -0.2) is 22.9 Å². The highest BCUT2D eigenvalue weighted by atomic mass is 16.5. The predicted octanol–water partition coefficient (Wildman–Crippen LogP) is 2.08. The fraction of sp³-hybridized carbons (Fsp3) is 0.846. The molecule has 100 valence electrons. The van der Waals surface area contributed by atoms with Crippen LogP contribution in [0.15, 0.2) is 4.52 Å². The Morgan fingerprint density at radius 3 is 3.00 bits per heavy atom. The number of nitrogens with two attached hydrogens (primary N) is 1. The molecule has 1 aliphatic heterocycles. The number of aromatic nitrogens is 2. The Labute approximate surface area is 107 Å². The van der Waals surface area contributed by atoms with Crippen LogP contribution in [0.25, 0.3) is 0 Å². The molecule has 2 heterocycles. The second kappa shape index (κ2) is 4.63. The van der Waals surface area contributed by atoms with Gasteiger partial charge in [0.15, 0.2) is 5.82 Å². The van der Waals surface area contributed by atoms with Crippen molar-refractivity contribution in [3.8, 4) is 0 Å². The van der Waals surface area contributed by atoms with Gasteiger partial charge in [-0.3, -0.25) is 0 Å². The first-order chi connectivity index (χ1) is 8.71. The van der Waals surface area contributed by atoms with Crippen molar-refractivity contribution in [2.75, 3.05) is 6.61 Å². The summed E-state index contributed by atoms with van der Waals surface area (Å²) in [6.45, 7) is 2.85. The standard InChI is InChI=1S/C13H21N3O2/c1-2-3-10-8-13(14,6-7-17-10)12-15-11(18-16-12)9-4-5-9/h9-10H,2-8,14H2,1H3. The van der Waals surface area contributed by atoms with Crippen LogP contribution in [0.1, 0.15) is 63.1 Å². The molecule has 0 spiro atoms. The molecule has 3 rings (SSSR count). The molecule has 0 aromatic carbocycles. The van der Waals surface area contributed by atoms with E-state index in [-0.39, 0.29) is 6.10 Å². The van der Waals surface area contributed by atoms with Crippen LogP contribution in [0.4, 0.5) is 0 Å². The smallest absolute Gasteiger partial charge is 0.229 e. The number of ether oxygens (including phenoxy) is 1. The SMILES string of the molecule is CCCC1CC(N)(c2noc(C3CC3)n2)CCO1. The van der Waals surface area contributed by atoms with Crippen molar-refractivity contribution in [1.82, 2.24) is 10.1 Å². The molecule has 1 aromatic rings. The lowest BCUT2D eigenvalue weighted by atomic mass is 9.85. The van der Waals surface area contributed by atoms with Gasteiger partial charge in [-0.1, -0.05) is 18.5 Å². The van der Waals surface area contributed by atoms with E-state index >= 15 is 0 Å². The minimum atomic E-state index is -0.464. The third kappa shape index (κ3) is 2.29. The second-order valence-electron chi connectivity index (χ2n) is 5.62. The maximum absolute atomic E-state index is 6.47. The van der Waals surface area contributed by atoms with Gasteiger partial charge in [-0.05, 0) is 32.1 Å². The molecule has 0 amide bonds. The number of rotatable bonds is 4. The second-order valence-corrected chi connectivity index (χ2v) is 5.62. The van der Waals surface area contributed by atoms with Crippen LogP contribution in [0.3, 0.4) is 0 Å². The van der Waals surface area contributed by atoms with E-state index in [2.05, 4.69) is 17.1 Å². The first kappa shape index (κ1) is 12.1. The van der Waals surface area contributed by atoms with E-state index in [0.29, 0.717) is 18.3 Å². The van der Waals surface area contributed by atoms with Gasteiger partial charge in [0.25, 0.3) is 0 Å². The lowest BCUT2D eigenvalue weighted by Crippen LogP contribution is -2.46. The van der Waals surface area contributed by atoms with Crippen molar-refractivity contribution >= 4 is 0 Å². The number of nitrogens with zero attached hydrogens (tertiary/aromatic N) is 2. The highest BCUT2D eigenvalue weighted by molar-refractivity contribution is 5.10. The summed E-state index contributed by atoms with van der Waals surface area (Å²) in [6, 6.07) is 0. The topological polar surface area (TPSA) is 74.2 Å². The zero-order valence-electron chi connectivity index (χ0n) is 10.9. The van der Waals surface area contributed by atoms with Gasteiger partial charge in [0.1, 0.15) is 0 Å². The Morgan fingerprint density at radius 2 is 2.28 bits per heavy atom. The quantitative estimate of drug-likeness (QED) is 0.886. The van der Waals surface area contributed by atoms with Gasteiger partial charge in [-0.2, -0.15) is 4.98 Å². The van der Waals surface area contributed by atoms with Crippen molar-refractivity contribution in [1.29, 1.82) is 0 Å². The summed E-state index contributed by atoms with van der Waals surface area (Å²) in [5.41, 5.74) is 6.01. The van der Waals surface area contributed by atoms with Crippen LogP contribution in [0.2, 0.25) is 0 Å². The van der Waals surface area contributed by atoms with Crippen molar-refractivity contribution in [3.05, 3.63) is 11.7 Å². The highest BCUT2D eigenvalue weighted by Gasteiger charge is 2.40. The average molecular weight is 251 g/mol. The normalized spacial score (nSPS) is 32.7. The Kier molecular flexibility index (Phi) is 3.11. The van der Waals surface area contributed by atoms with Crippen molar-refractivity contribution in [2.24, 2.45) is 5.73 Å². The van der Waals surface area contributed by atoms with E-state index < -0.39 is 5.54 Å². The molecule has 5 heteroatoms. The summed E-state index contributed by atoms with van der Waals surface area (Å²) in [4.78, 5) is 4.50. The molecule has 0 bridgehead atoms. The third-order valence-corrected chi connectivity index (χ3v) is 3.92. The van der Waals surface area contributed by atoms with Crippen molar-refractivity contribution in [3.63, 3.8) is 0 Å². The van der Waals surface area contributed by atoms with Gasteiger partial charge in [-0.15, -0.1) is 0 Å². The fourth-order valence-electron chi connectivity index (χ4n) is 2.62. The summed E-state index contributed by atoms with van der Waals surface area (Å²) in [7, 11) is 0. The molecule has 2 unspecified atom stereocenters. The van der Waals surface area contributed by atoms with E-state index in [9.17, 15) is 0 Å². The summed E-state index contributed by atoms with van der Waals surface area (Å²) in [5.74, 6) is 1.93. The summed E-state index contributed by atoms with van der Waals surface area (Å²) in [6.07, 6.45) is 6.30. The molecular formula is C13H21N3O2. The molecule has 18 heavy (non-hydrogen) atoms. The molecule has 2 N–H and O–H groups in total. The largest absolute Gasteiger partial charge is 0.378 e. The highest BCUT2D eigenvalue weighted by Crippen LogP contribution is 2.40. The van der Waals surface area contributed by atoms with Gasteiger partial charge in [0, 0.05) is 12.5 Å². The van der Waals surface area contributed by atoms with Crippen molar-refractivity contribution in [2.45, 2.75) is 63.0 Å². The molecule has 2 fully saturated rings. The number of hydrogen-bond donors (Lipinski definition) is 1. The third-order valence-electron chi connectivity index (χ3n) is 3.92. The van der Waals surface area contributed by atoms with E-state index in [0.717, 1.165) is 31.6 Å². The van der Waals surface area contributed by atoms with Crippen LogP contribution >= 0.6 is 0 Å². The molecule has 1 aliphatic carbocycles. The van der Waals surface area contributed by atoms with Crippen LogP contribution in [0, 0.1) is 0 Å². The van der Waals surface area contributed by atoms with E-state index in [1.807, 2.05) is 0 Å². The Hall–Kier alpha value is -0.940. The average Bonchev–Trinajstić information content (AvgIpc) is 3.07. The lowest BCUT2D eigenvalue weighted by molar-refractivity contribution is -0.0267.